The van der Waals surface area contributed by atoms with Crippen molar-refractivity contribution in [2.75, 3.05) is 4.90 Å². The minimum Gasteiger partial charge on any atom is -0.467 e. The molecule has 0 radical (unpaired) electrons. The summed E-state index contributed by atoms with van der Waals surface area (Å²) in [7, 11) is 0. The standard InChI is InChI=1S/C23H21ClN2O2S/c1-15(2)17-7-5-16(6-8-17)12-22(27)26(14-19-4-3-11-28-19)23-25-20-10-9-18(24)13-21(20)29-23/h3-11,13,15H,12,14H2,1-2H3. The molecule has 0 aliphatic heterocycles. The molecule has 0 saturated carbocycles. The van der Waals surface area contributed by atoms with Gasteiger partial charge in [0.05, 0.1) is 29.4 Å². The molecular formula is C23H21ClN2O2S. The monoisotopic (exact) mass is 424 g/mol. The van der Waals surface area contributed by atoms with Crippen LogP contribution in [0.2, 0.25) is 5.02 Å². The van der Waals surface area contributed by atoms with Crippen LogP contribution >= 0.6 is 22.9 Å². The van der Waals surface area contributed by atoms with Crippen LogP contribution in [0.4, 0.5) is 5.13 Å². The Balaban J connectivity index is 1.62. The molecule has 0 aliphatic rings. The van der Waals surface area contributed by atoms with E-state index in [2.05, 4.69) is 31.0 Å². The van der Waals surface area contributed by atoms with Gasteiger partial charge in [-0.25, -0.2) is 4.98 Å². The number of fused-ring (bicyclic) bond motifs is 1. The lowest BCUT2D eigenvalue weighted by atomic mass is 10.0. The Morgan fingerprint density at radius 2 is 1.97 bits per heavy atom. The lowest BCUT2D eigenvalue weighted by Gasteiger charge is -2.19. The Morgan fingerprint density at radius 1 is 1.17 bits per heavy atom. The maximum atomic E-state index is 13.2. The Labute approximate surface area is 178 Å². The normalized spacial score (nSPS) is 11.3. The van der Waals surface area contributed by atoms with Gasteiger partial charge in [0.2, 0.25) is 5.91 Å². The number of anilines is 1. The summed E-state index contributed by atoms with van der Waals surface area (Å²) in [6.07, 6.45) is 1.91. The number of carbonyl (C=O) groups excluding carboxylic acids is 1. The number of aromatic nitrogens is 1. The van der Waals surface area contributed by atoms with Gasteiger partial charge in [-0.15, -0.1) is 0 Å². The molecule has 148 valence electrons. The van der Waals surface area contributed by atoms with Crippen LogP contribution in [0.3, 0.4) is 0 Å². The third kappa shape index (κ3) is 4.52. The van der Waals surface area contributed by atoms with Crippen LogP contribution in [0.15, 0.2) is 65.3 Å². The first-order valence-electron chi connectivity index (χ1n) is 9.47. The molecule has 0 spiro atoms. The van der Waals surface area contributed by atoms with E-state index >= 15 is 0 Å². The molecule has 29 heavy (non-hydrogen) atoms. The van der Waals surface area contributed by atoms with Gasteiger partial charge in [0.25, 0.3) is 0 Å². The second kappa shape index (κ2) is 8.39. The molecule has 4 nitrogen and oxygen atoms in total. The second-order valence-electron chi connectivity index (χ2n) is 7.24. The van der Waals surface area contributed by atoms with Crippen molar-refractivity contribution in [1.29, 1.82) is 0 Å². The molecule has 4 aromatic rings. The molecular weight excluding hydrogens is 404 g/mol. The minimum absolute atomic E-state index is 0.0242. The largest absolute Gasteiger partial charge is 0.467 e. The summed E-state index contributed by atoms with van der Waals surface area (Å²) in [6.45, 7) is 4.65. The SMILES string of the molecule is CC(C)c1ccc(CC(=O)N(Cc2ccco2)c2nc3ccc(Cl)cc3s2)cc1. The summed E-state index contributed by atoms with van der Waals surface area (Å²) >= 11 is 7.57. The van der Waals surface area contributed by atoms with Crippen LogP contribution in [0.5, 0.6) is 0 Å². The lowest BCUT2D eigenvalue weighted by Crippen LogP contribution is -2.31. The van der Waals surface area contributed by atoms with Crippen molar-refractivity contribution < 1.29 is 9.21 Å². The Kier molecular flexibility index (Phi) is 5.69. The van der Waals surface area contributed by atoms with Gasteiger partial charge in [-0.1, -0.05) is 61.1 Å². The summed E-state index contributed by atoms with van der Waals surface area (Å²) in [5.74, 6) is 1.15. The van der Waals surface area contributed by atoms with E-state index in [1.807, 2.05) is 42.5 Å². The molecule has 1 amide bonds. The van der Waals surface area contributed by atoms with Gasteiger partial charge in [0.15, 0.2) is 5.13 Å². The van der Waals surface area contributed by atoms with E-state index in [9.17, 15) is 4.79 Å². The third-order valence-corrected chi connectivity index (χ3v) is 6.04. The molecule has 2 heterocycles. The highest BCUT2D eigenvalue weighted by Gasteiger charge is 2.21. The average molecular weight is 425 g/mol. The molecule has 0 N–H and O–H groups in total. The quantitative estimate of drug-likeness (QED) is 0.357. The highest BCUT2D eigenvalue weighted by molar-refractivity contribution is 7.22. The number of halogens is 1. The fraction of sp³-hybridized carbons (Fsp3) is 0.217. The number of rotatable bonds is 6. The Hall–Kier alpha value is -2.63. The van der Waals surface area contributed by atoms with Crippen LogP contribution in [0.25, 0.3) is 10.2 Å². The van der Waals surface area contributed by atoms with E-state index in [4.69, 9.17) is 16.0 Å². The van der Waals surface area contributed by atoms with E-state index < -0.39 is 0 Å². The van der Waals surface area contributed by atoms with Gasteiger partial charge >= 0.3 is 0 Å². The van der Waals surface area contributed by atoms with Crippen LogP contribution in [0.1, 0.15) is 36.7 Å². The van der Waals surface area contributed by atoms with Crippen molar-refractivity contribution in [2.24, 2.45) is 0 Å². The molecule has 2 aromatic heterocycles. The molecule has 6 heteroatoms. The molecule has 0 unspecified atom stereocenters. The predicted octanol–water partition coefficient (Wildman–Crippen LogP) is 6.44. The van der Waals surface area contributed by atoms with Crippen molar-refractivity contribution in [3.05, 3.63) is 82.8 Å². The molecule has 0 bridgehead atoms. The van der Waals surface area contributed by atoms with Crippen molar-refractivity contribution in [2.45, 2.75) is 32.7 Å². The number of thiazole rings is 1. The summed E-state index contributed by atoms with van der Waals surface area (Å²) < 4.78 is 6.43. The fourth-order valence-corrected chi connectivity index (χ4v) is 4.37. The van der Waals surface area contributed by atoms with E-state index in [0.29, 0.717) is 34.8 Å². The van der Waals surface area contributed by atoms with Gasteiger partial charge in [0, 0.05) is 5.02 Å². The topological polar surface area (TPSA) is 46.3 Å². The zero-order chi connectivity index (χ0) is 20.4. The van der Waals surface area contributed by atoms with E-state index in [-0.39, 0.29) is 5.91 Å². The van der Waals surface area contributed by atoms with Crippen LogP contribution < -0.4 is 4.90 Å². The molecule has 0 fully saturated rings. The number of hydrogen-bond acceptors (Lipinski definition) is 4. The van der Waals surface area contributed by atoms with Crippen molar-refractivity contribution in [3.8, 4) is 0 Å². The van der Waals surface area contributed by atoms with Crippen molar-refractivity contribution in [1.82, 2.24) is 4.98 Å². The van der Waals surface area contributed by atoms with Gasteiger partial charge < -0.3 is 4.42 Å². The van der Waals surface area contributed by atoms with Crippen molar-refractivity contribution >= 4 is 44.2 Å². The third-order valence-electron chi connectivity index (χ3n) is 4.77. The Morgan fingerprint density at radius 3 is 2.66 bits per heavy atom. The lowest BCUT2D eigenvalue weighted by molar-refractivity contribution is -0.118. The van der Waals surface area contributed by atoms with Crippen LogP contribution in [0, 0.1) is 0 Å². The van der Waals surface area contributed by atoms with Gasteiger partial charge in [-0.05, 0) is 47.4 Å². The predicted molar refractivity (Wildman–Crippen MR) is 119 cm³/mol. The van der Waals surface area contributed by atoms with Crippen molar-refractivity contribution in [3.63, 3.8) is 0 Å². The molecule has 2 aromatic carbocycles. The van der Waals surface area contributed by atoms with Crippen LogP contribution in [-0.4, -0.2) is 10.9 Å². The number of nitrogens with zero attached hydrogens (tertiary/aromatic N) is 2. The maximum Gasteiger partial charge on any atom is 0.233 e. The molecule has 0 atom stereocenters. The number of furan rings is 1. The number of benzene rings is 2. The first-order valence-corrected chi connectivity index (χ1v) is 10.7. The van der Waals surface area contributed by atoms with Gasteiger partial charge in [0.1, 0.15) is 5.76 Å². The first-order chi connectivity index (χ1) is 14.0. The summed E-state index contributed by atoms with van der Waals surface area (Å²) in [5, 5.41) is 1.30. The highest BCUT2D eigenvalue weighted by Crippen LogP contribution is 2.32. The maximum absolute atomic E-state index is 13.2. The second-order valence-corrected chi connectivity index (χ2v) is 8.69. The first kappa shape index (κ1) is 19.7. The number of carbonyl (C=O) groups is 1. The van der Waals surface area contributed by atoms with Gasteiger partial charge in [-0.3, -0.25) is 9.69 Å². The summed E-state index contributed by atoms with van der Waals surface area (Å²) in [6, 6.07) is 17.5. The molecule has 0 saturated heterocycles. The van der Waals surface area contributed by atoms with Crippen LogP contribution in [-0.2, 0) is 17.8 Å². The van der Waals surface area contributed by atoms with E-state index in [0.717, 1.165) is 15.8 Å². The fourth-order valence-electron chi connectivity index (χ4n) is 3.11. The minimum atomic E-state index is -0.0242. The summed E-state index contributed by atoms with van der Waals surface area (Å²) in [4.78, 5) is 19.6. The highest BCUT2D eigenvalue weighted by atomic mass is 35.5. The zero-order valence-electron chi connectivity index (χ0n) is 16.3. The van der Waals surface area contributed by atoms with Gasteiger partial charge in [-0.2, -0.15) is 0 Å². The van der Waals surface area contributed by atoms with E-state index in [1.54, 1.807) is 11.2 Å². The number of amides is 1. The summed E-state index contributed by atoms with van der Waals surface area (Å²) in [5.41, 5.74) is 3.07. The smallest absolute Gasteiger partial charge is 0.233 e. The molecule has 0 aliphatic carbocycles. The Bertz CT molecular complexity index is 1120. The average Bonchev–Trinajstić information content (AvgIpc) is 3.35. The molecule has 4 rings (SSSR count). The zero-order valence-corrected chi connectivity index (χ0v) is 17.8. The number of hydrogen-bond donors (Lipinski definition) is 0. The van der Waals surface area contributed by atoms with E-state index in [1.165, 1.54) is 16.9 Å².